The van der Waals surface area contributed by atoms with Crippen molar-refractivity contribution in [1.29, 1.82) is 0 Å². The second-order valence-corrected chi connectivity index (χ2v) is 5.64. The van der Waals surface area contributed by atoms with E-state index in [0.717, 1.165) is 19.5 Å². The molecule has 0 aromatic carbocycles. The minimum atomic E-state index is -4.01. The van der Waals surface area contributed by atoms with Crippen LogP contribution < -0.4 is 5.32 Å². The van der Waals surface area contributed by atoms with Crippen molar-refractivity contribution in [2.75, 3.05) is 20.1 Å². The largest absolute Gasteiger partial charge is 0.389 e. The summed E-state index contributed by atoms with van der Waals surface area (Å²) in [5.74, 6) is 0. The summed E-state index contributed by atoms with van der Waals surface area (Å²) in [5.41, 5.74) is 0. The van der Waals surface area contributed by atoms with E-state index >= 15 is 0 Å². The molecule has 2 atom stereocenters. The fourth-order valence-electron chi connectivity index (χ4n) is 2.99. The molecule has 5 heteroatoms. The summed E-state index contributed by atoms with van der Waals surface area (Å²) >= 11 is 0. The maximum Gasteiger partial charge on any atom is 0.389 e. The number of alkyl halides is 3. The maximum atomic E-state index is 12.2. The van der Waals surface area contributed by atoms with Crippen LogP contribution in [0.5, 0.6) is 0 Å². The Hall–Kier alpha value is -0.290. The van der Waals surface area contributed by atoms with Gasteiger partial charge in [-0.15, -0.1) is 0 Å². The first-order valence-electron chi connectivity index (χ1n) is 7.41. The Kier molecular flexibility index (Phi) is 7.15. The lowest BCUT2D eigenvalue weighted by Gasteiger charge is -2.40. The van der Waals surface area contributed by atoms with Crippen LogP contribution in [0, 0.1) is 0 Å². The molecular weight excluding hydrogens is 253 g/mol. The molecule has 1 saturated heterocycles. The van der Waals surface area contributed by atoms with Crippen LogP contribution in [0.15, 0.2) is 0 Å². The number of rotatable bonds is 7. The second kappa shape index (κ2) is 8.10. The van der Waals surface area contributed by atoms with Gasteiger partial charge in [-0.2, -0.15) is 13.2 Å². The Balaban J connectivity index is 2.36. The summed E-state index contributed by atoms with van der Waals surface area (Å²) in [5, 5.41) is 3.16. The molecule has 1 rings (SSSR count). The molecule has 19 heavy (non-hydrogen) atoms. The molecule has 1 N–H and O–H groups in total. The number of halogens is 3. The molecular formula is C14H27F3N2. The Morgan fingerprint density at radius 1 is 1.32 bits per heavy atom. The van der Waals surface area contributed by atoms with E-state index < -0.39 is 12.6 Å². The average Bonchev–Trinajstić information content (AvgIpc) is 2.35. The predicted molar refractivity (Wildman–Crippen MR) is 72.3 cm³/mol. The van der Waals surface area contributed by atoms with E-state index in [4.69, 9.17) is 0 Å². The topological polar surface area (TPSA) is 15.3 Å². The summed E-state index contributed by atoms with van der Waals surface area (Å²) in [6, 6.07) is 0.812. The number of hydrogen-bond donors (Lipinski definition) is 1. The number of hydrogen-bond acceptors (Lipinski definition) is 2. The molecule has 0 aromatic heterocycles. The molecule has 1 heterocycles. The molecule has 0 aromatic rings. The molecule has 1 aliphatic rings. The quantitative estimate of drug-likeness (QED) is 0.767. The second-order valence-electron chi connectivity index (χ2n) is 5.64. The molecule has 2 unspecified atom stereocenters. The third kappa shape index (κ3) is 6.61. The van der Waals surface area contributed by atoms with Gasteiger partial charge in [0.1, 0.15) is 0 Å². The molecule has 0 radical (unpaired) electrons. The van der Waals surface area contributed by atoms with Crippen molar-refractivity contribution in [1.82, 2.24) is 10.2 Å². The van der Waals surface area contributed by atoms with E-state index in [1.54, 1.807) is 0 Å². The molecule has 2 nitrogen and oxygen atoms in total. The highest BCUT2D eigenvalue weighted by atomic mass is 19.4. The van der Waals surface area contributed by atoms with Gasteiger partial charge in [0.25, 0.3) is 0 Å². The van der Waals surface area contributed by atoms with E-state index in [-0.39, 0.29) is 12.5 Å². The van der Waals surface area contributed by atoms with Gasteiger partial charge in [-0.05, 0) is 59.2 Å². The molecule has 0 saturated carbocycles. The zero-order valence-corrected chi connectivity index (χ0v) is 12.1. The minimum absolute atomic E-state index is 0.250. The summed E-state index contributed by atoms with van der Waals surface area (Å²) in [6.45, 7) is 4.10. The third-order valence-corrected chi connectivity index (χ3v) is 4.05. The number of likely N-dealkylation sites (tertiary alicyclic amines) is 1. The summed E-state index contributed by atoms with van der Waals surface area (Å²) in [7, 11) is 1.94. The first kappa shape index (κ1) is 16.8. The zero-order valence-electron chi connectivity index (χ0n) is 12.1. The molecule has 1 fully saturated rings. The van der Waals surface area contributed by atoms with Crippen molar-refractivity contribution in [3.63, 3.8) is 0 Å². The van der Waals surface area contributed by atoms with Crippen LogP contribution in [0.25, 0.3) is 0 Å². The monoisotopic (exact) mass is 280 g/mol. The molecule has 1 aliphatic heterocycles. The Bertz CT molecular complexity index is 243. The van der Waals surface area contributed by atoms with Crippen LogP contribution in [0.2, 0.25) is 0 Å². The maximum absolute atomic E-state index is 12.2. The van der Waals surface area contributed by atoms with Gasteiger partial charge in [0.15, 0.2) is 0 Å². The third-order valence-electron chi connectivity index (χ3n) is 4.05. The Labute approximate surface area is 114 Å². The highest BCUT2D eigenvalue weighted by Gasteiger charge is 2.29. The van der Waals surface area contributed by atoms with Gasteiger partial charge in [0.05, 0.1) is 0 Å². The van der Waals surface area contributed by atoms with Gasteiger partial charge in [-0.3, -0.25) is 4.90 Å². The smallest absolute Gasteiger partial charge is 0.320 e. The van der Waals surface area contributed by atoms with Gasteiger partial charge in [0, 0.05) is 18.5 Å². The van der Waals surface area contributed by atoms with Gasteiger partial charge in [-0.25, -0.2) is 0 Å². The van der Waals surface area contributed by atoms with E-state index in [1.165, 1.54) is 19.3 Å². The van der Waals surface area contributed by atoms with Gasteiger partial charge in [-0.1, -0.05) is 6.42 Å². The molecule has 114 valence electrons. The Morgan fingerprint density at radius 2 is 2.05 bits per heavy atom. The summed E-state index contributed by atoms with van der Waals surface area (Å²) in [4.78, 5) is 2.43. The molecule has 0 amide bonds. The standard InChI is InChI=1S/C14H27F3N2/c1-12(6-5-9-14(15,16)17)19-11-4-3-7-13(19)8-10-18-2/h12-13,18H,3-11H2,1-2H3. The molecule has 0 aliphatic carbocycles. The lowest BCUT2D eigenvalue weighted by molar-refractivity contribution is -0.136. The van der Waals surface area contributed by atoms with Crippen LogP contribution in [0.1, 0.15) is 51.9 Å². The van der Waals surface area contributed by atoms with Crippen molar-refractivity contribution < 1.29 is 13.2 Å². The first-order valence-corrected chi connectivity index (χ1v) is 7.41. The zero-order chi connectivity index (χ0) is 14.3. The minimum Gasteiger partial charge on any atom is -0.320 e. The van der Waals surface area contributed by atoms with Crippen molar-refractivity contribution in [3.05, 3.63) is 0 Å². The van der Waals surface area contributed by atoms with Crippen LogP contribution in [-0.2, 0) is 0 Å². The van der Waals surface area contributed by atoms with Crippen molar-refractivity contribution in [3.8, 4) is 0 Å². The fourth-order valence-corrected chi connectivity index (χ4v) is 2.99. The van der Waals surface area contributed by atoms with Crippen molar-refractivity contribution in [2.24, 2.45) is 0 Å². The molecule has 0 spiro atoms. The molecule has 0 bridgehead atoms. The highest BCUT2D eigenvalue weighted by Crippen LogP contribution is 2.26. The van der Waals surface area contributed by atoms with Gasteiger partial charge in [0.2, 0.25) is 0 Å². The normalized spacial score (nSPS) is 23.5. The number of nitrogens with zero attached hydrogens (tertiary/aromatic N) is 1. The number of nitrogens with one attached hydrogen (secondary N) is 1. The number of piperidine rings is 1. The average molecular weight is 280 g/mol. The van der Waals surface area contributed by atoms with E-state index in [2.05, 4.69) is 17.1 Å². The van der Waals surface area contributed by atoms with E-state index in [9.17, 15) is 13.2 Å². The van der Waals surface area contributed by atoms with Crippen LogP contribution in [0.4, 0.5) is 13.2 Å². The SMILES string of the molecule is CNCCC1CCCCN1C(C)CCCC(F)(F)F. The summed E-state index contributed by atoms with van der Waals surface area (Å²) in [6.07, 6.45) is 0.959. The van der Waals surface area contributed by atoms with Crippen LogP contribution >= 0.6 is 0 Å². The lowest BCUT2D eigenvalue weighted by Crippen LogP contribution is -2.46. The van der Waals surface area contributed by atoms with Gasteiger partial charge < -0.3 is 5.32 Å². The fraction of sp³-hybridized carbons (Fsp3) is 1.00. The summed E-state index contributed by atoms with van der Waals surface area (Å²) < 4.78 is 36.5. The van der Waals surface area contributed by atoms with Crippen LogP contribution in [-0.4, -0.2) is 43.3 Å². The predicted octanol–water partition coefficient (Wildman–Crippen LogP) is 3.57. The highest BCUT2D eigenvalue weighted by molar-refractivity contribution is 4.81. The van der Waals surface area contributed by atoms with E-state index in [0.29, 0.717) is 12.5 Å². The van der Waals surface area contributed by atoms with Crippen molar-refractivity contribution in [2.45, 2.75) is 70.1 Å². The van der Waals surface area contributed by atoms with Crippen LogP contribution in [0.3, 0.4) is 0 Å². The van der Waals surface area contributed by atoms with E-state index in [1.807, 2.05) is 7.05 Å². The first-order chi connectivity index (χ1) is 8.94. The van der Waals surface area contributed by atoms with Crippen molar-refractivity contribution >= 4 is 0 Å². The Morgan fingerprint density at radius 3 is 2.68 bits per heavy atom. The van der Waals surface area contributed by atoms with Gasteiger partial charge >= 0.3 is 6.18 Å². The lowest BCUT2D eigenvalue weighted by atomic mass is 9.96.